The standard InChI is InChI=1S/C30H50N2O4/c1-5-6-7-8-9-10-11-12-13-14-15-24-16-18-25(19-17-24)36-28(34)32-23-30(4)21-26(35-27(31)33)20-29(2,3)22-30/h16-19,26H,5-15,20-23H2,1-4H3,(H2,31,33)(H,32,34). The lowest BCUT2D eigenvalue weighted by Crippen LogP contribution is -2.47. The fourth-order valence-corrected chi connectivity index (χ4v) is 5.89. The molecule has 0 radical (unpaired) electrons. The quantitative estimate of drug-likeness (QED) is 0.238. The van der Waals surface area contributed by atoms with Crippen molar-refractivity contribution in [2.45, 2.75) is 124 Å². The first-order valence-corrected chi connectivity index (χ1v) is 14.1. The molecule has 204 valence electrons. The van der Waals surface area contributed by atoms with Gasteiger partial charge in [0.15, 0.2) is 0 Å². The number of carbonyl (C=O) groups excluding carboxylic acids is 2. The minimum atomic E-state index is -0.746. The molecule has 1 aromatic rings. The van der Waals surface area contributed by atoms with Gasteiger partial charge in [0.1, 0.15) is 11.9 Å². The summed E-state index contributed by atoms with van der Waals surface area (Å²) >= 11 is 0. The smallest absolute Gasteiger partial charge is 0.412 e. The molecule has 0 aliphatic heterocycles. The number of amides is 2. The molecule has 1 saturated carbocycles. The van der Waals surface area contributed by atoms with Crippen LogP contribution >= 0.6 is 0 Å². The van der Waals surface area contributed by atoms with Crippen molar-refractivity contribution >= 4 is 12.2 Å². The van der Waals surface area contributed by atoms with Crippen molar-refractivity contribution in [2.75, 3.05) is 6.54 Å². The maximum Gasteiger partial charge on any atom is 0.412 e. The molecule has 1 fully saturated rings. The molecule has 2 amide bonds. The molecule has 1 aliphatic carbocycles. The minimum absolute atomic E-state index is 0.0111. The van der Waals surface area contributed by atoms with Crippen LogP contribution in [0.15, 0.2) is 24.3 Å². The molecule has 0 heterocycles. The van der Waals surface area contributed by atoms with E-state index in [9.17, 15) is 9.59 Å². The molecule has 0 saturated heterocycles. The van der Waals surface area contributed by atoms with E-state index in [-0.39, 0.29) is 16.9 Å². The van der Waals surface area contributed by atoms with E-state index >= 15 is 0 Å². The summed E-state index contributed by atoms with van der Waals surface area (Å²) in [6, 6.07) is 7.83. The summed E-state index contributed by atoms with van der Waals surface area (Å²) in [5.41, 5.74) is 6.29. The fourth-order valence-electron chi connectivity index (χ4n) is 5.89. The van der Waals surface area contributed by atoms with Gasteiger partial charge in [0.2, 0.25) is 0 Å². The van der Waals surface area contributed by atoms with Crippen LogP contribution in [0.1, 0.15) is 117 Å². The van der Waals surface area contributed by atoms with Crippen LogP contribution in [-0.2, 0) is 11.2 Å². The number of nitrogens with one attached hydrogen (secondary N) is 1. The van der Waals surface area contributed by atoms with Gasteiger partial charge in [-0.1, -0.05) is 97.6 Å². The van der Waals surface area contributed by atoms with Gasteiger partial charge in [-0.05, 0) is 60.6 Å². The Bertz CT molecular complexity index is 793. The molecule has 2 unspecified atom stereocenters. The van der Waals surface area contributed by atoms with Crippen LogP contribution in [0.5, 0.6) is 5.75 Å². The molecule has 1 aliphatic rings. The Labute approximate surface area is 219 Å². The second-order valence-electron chi connectivity index (χ2n) is 11.9. The number of nitrogens with two attached hydrogens (primary N) is 1. The Balaban J connectivity index is 1.66. The molecule has 2 rings (SSSR count). The summed E-state index contributed by atoms with van der Waals surface area (Å²) in [4.78, 5) is 23.7. The highest BCUT2D eigenvalue weighted by Crippen LogP contribution is 2.46. The fraction of sp³-hybridized carbons (Fsp3) is 0.733. The maximum atomic E-state index is 12.4. The highest BCUT2D eigenvalue weighted by Gasteiger charge is 2.42. The SMILES string of the molecule is CCCCCCCCCCCCc1ccc(OC(=O)NCC2(C)CC(OC(N)=O)CC(C)(C)C2)cc1. The van der Waals surface area contributed by atoms with Gasteiger partial charge in [-0.25, -0.2) is 9.59 Å². The average Bonchev–Trinajstić information content (AvgIpc) is 2.78. The molecular formula is C30H50N2O4. The topological polar surface area (TPSA) is 90.7 Å². The van der Waals surface area contributed by atoms with Gasteiger partial charge in [-0.3, -0.25) is 0 Å². The Hall–Kier alpha value is -2.24. The van der Waals surface area contributed by atoms with Crippen LogP contribution in [0.4, 0.5) is 9.59 Å². The van der Waals surface area contributed by atoms with E-state index in [0.29, 0.717) is 18.7 Å². The lowest BCUT2D eigenvalue weighted by molar-refractivity contribution is -0.0163. The summed E-state index contributed by atoms with van der Waals surface area (Å²) < 4.78 is 10.8. The van der Waals surface area contributed by atoms with Gasteiger partial charge in [0, 0.05) is 6.54 Å². The van der Waals surface area contributed by atoms with Crippen molar-refractivity contribution < 1.29 is 19.1 Å². The highest BCUT2D eigenvalue weighted by molar-refractivity contribution is 5.70. The molecule has 36 heavy (non-hydrogen) atoms. The van der Waals surface area contributed by atoms with Gasteiger partial charge in [-0.2, -0.15) is 0 Å². The third-order valence-electron chi connectivity index (χ3n) is 7.30. The molecular weight excluding hydrogens is 452 g/mol. The van der Waals surface area contributed by atoms with Crippen LogP contribution in [0, 0.1) is 10.8 Å². The summed E-state index contributed by atoms with van der Waals surface area (Å²) in [6.45, 7) is 9.12. The van der Waals surface area contributed by atoms with Crippen LogP contribution in [0.25, 0.3) is 0 Å². The largest absolute Gasteiger partial charge is 0.446 e. The summed E-state index contributed by atoms with van der Waals surface area (Å²) in [5, 5.41) is 2.91. The van der Waals surface area contributed by atoms with Crippen molar-refractivity contribution in [3.05, 3.63) is 29.8 Å². The predicted molar refractivity (Wildman–Crippen MR) is 146 cm³/mol. The Morgan fingerprint density at radius 2 is 1.50 bits per heavy atom. The van der Waals surface area contributed by atoms with Crippen LogP contribution < -0.4 is 15.8 Å². The van der Waals surface area contributed by atoms with Crippen molar-refractivity contribution in [3.8, 4) is 5.75 Å². The molecule has 0 bridgehead atoms. The third kappa shape index (κ3) is 12.1. The van der Waals surface area contributed by atoms with E-state index in [0.717, 1.165) is 19.3 Å². The number of hydrogen-bond donors (Lipinski definition) is 2. The number of primary amides is 1. The Kier molecular flexibility index (Phi) is 12.6. The van der Waals surface area contributed by atoms with Crippen LogP contribution in [0.3, 0.4) is 0 Å². The zero-order valence-corrected chi connectivity index (χ0v) is 23.2. The molecule has 2 atom stereocenters. The van der Waals surface area contributed by atoms with Gasteiger partial charge in [0.05, 0.1) is 0 Å². The molecule has 6 heteroatoms. The second-order valence-corrected chi connectivity index (χ2v) is 11.9. The van der Waals surface area contributed by atoms with Gasteiger partial charge in [0.25, 0.3) is 0 Å². The zero-order chi connectivity index (χ0) is 26.4. The van der Waals surface area contributed by atoms with E-state index in [1.54, 1.807) is 0 Å². The zero-order valence-electron chi connectivity index (χ0n) is 23.2. The van der Waals surface area contributed by atoms with E-state index in [1.165, 1.54) is 69.8 Å². The van der Waals surface area contributed by atoms with Gasteiger partial charge >= 0.3 is 12.2 Å². The van der Waals surface area contributed by atoms with E-state index in [1.807, 2.05) is 24.3 Å². The summed E-state index contributed by atoms with van der Waals surface area (Å²) in [7, 11) is 0. The first-order chi connectivity index (χ1) is 17.1. The van der Waals surface area contributed by atoms with Crippen LogP contribution in [-0.4, -0.2) is 24.8 Å². The van der Waals surface area contributed by atoms with Crippen molar-refractivity contribution in [3.63, 3.8) is 0 Å². The van der Waals surface area contributed by atoms with E-state index in [2.05, 4.69) is 33.0 Å². The van der Waals surface area contributed by atoms with E-state index < -0.39 is 12.2 Å². The van der Waals surface area contributed by atoms with Gasteiger partial charge < -0.3 is 20.5 Å². The number of benzene rings is 1. The normalized spacial score (nSPS) is 21.1. The van der Waals surface area contributed by atoms with E-state index in [4.69, 9.17) is 15.2 Å². The highest BCUT2D eigenvalue weighted by atomic mass is 16.6. The number of aryl methyl sites for hydroxylation is 1. The summed E-state index contributed by atoms with van der Waals surface area (Å²) in [5.74, 6) is 0.545. The molecule has 0 aromatic heterocycles. The first kappa shape index (κ1) is 30.0. The van der Waals surface area contributed by atoms with Crippen molar-refractivity contribution in [1.29, 1.82) is 0 Å². The van der Waals surface area contributed by atoms with Crippen molar-refractivity contribution in [1.82, 2.24) is 5.32 Å². The molecule has 1 aromatic carbocycles. The van der Waals surface area contributed by atoms with Gasteiger partial charge in [-0.15, -0.1) is 0 Å². The Morgan fingerprint density at radius 3 is 2.08 bits per heavy atom. The third-order valence-corrected chi connectivity index (χ3v) is 7.30. The molecule has 0 spiro atoms. The Morgan fingerprint density at radius 1 is 0.917 bits per heavy atom. The monoisotopic (exact) mass is 502 g/mol. The molecule has 3 N–H and O–H groups in total. The van der Waals surface area contributed by atoms with Crippen molar-refractivity contribution in [2.24, 2.45) is 16.6 Å². The number of rotatable bonds is 15. The molecule has 6 nitrogen and oxygen atoms in total. The minimum Gasteiger partial charge on any atom is -0.446 e. The predicted octanol–water partition coefficient (Wildman–Crippen LogP) is 7.92. The number of carbonyl (C=O) groups is 2. The number of hydrogen-bond acceptors (Lipinski definition) is 4. The second kappa shape index (κ2) is 15.1. The average molecular weight is 503 g/mol. The lowest BCUT2D eigenvalue weighted by atomic mass is 9.63. The maximum absolute atomic E-state index is 12.4. The van der Waals surface area contributed by atoms with Crippen LogP contribution in [0.2, 0.25) is 0 Å². The number of unbranched alkanes of at least 4 members (excludes halogenated alkanes) is 9. The summed E-state index contributed by atoms with van der Waals surface area (Å²) in [6.07, 6.45) is 15.3. The number of ether oxygens (including phenoxy) is 2. The first-order valence-electron chi connectivity index (χ1n) is 14.1. The lowest BCUT2D eigenvalue weighted by Gasteiger charge is -2.45.